The number of hydrogen-bond acceptors (Lipinski definition) is 2. The predicted molar refractivity (Wildman–Crippen MR) is 101 cm³/mol. The molecule has 0 aliphatic carbocycles. The highest BCUT2D eigenvalue weighted by Crippen LogP contribution is 2.33. The minimum atomic E-state index is 0.150. The first kappa shape index (κ1) is 15.0. The standard InChI is InChI=1S/C22H16OS/c23-22-19(15-24-21-9-5-4-8-20(21)22)14-16-10-12-18(13-11-16)17-6-2-1-3-7-17/h1-14H,15H2. The number of benzene rings is 3. The van der Waals surface area contributed by atoms with Crippen LogP contribution in [0.4, 0.5) is 0 Å². The Bertz CT molecular complexity index is 908. The van der Waals surface area contributed by atoms with E-state index in [-0.39, 0.29) is 5.78 Å². The second kappa shape index (κ2) is 6.50. The summed E-state index contributed by atoms with van der Waals surface area (Å²) in [5.41, 5.74) is 5.15. The quantitative estimate of drug-likeness (QED) is 0.559. The summed E-state index contributed by atoms with van der Waals surface area (Å²) in [6.45, 7) is 0. The first-order valence-corrected chi connectivity index (χ1v) is 8.92. The number of carbonyl (C=O) groups excluding carboxylic acids is 1. The number of hydrogen-bond donors (Lipinski definition) is 0. The van der Waals surface area contributed by atoms with E-state index in [1.807, 2.05) is 48.5 Å². The largest absolute Gasteiger partial charge is 0.289 e. The Labute approximate surface area is 146 Å². The van der Waals surface area contributed by atoms with Crippen LogP contribution >= 0.6 is 11.8 Å². The van der Waals surface area contributed by atoms with Gasteiger partial charge in [0, 0.05) is 21.8 Å². The van der Waals surface area contributed by atoms with Crippen LogP contribution in [0.5, 0.6) is 0 Å². The smallest absolute Gasteiger partial charge is 0.191 e. The van der Waals surface area contributed by atoms with E-state index in [0.717, 1.165) is 27.3 Å². The lowest BCUT2D eigenvalue weighted by molar-refractivity contribution is 0.103. The highest BCUT2D eigenvalue weighted by molar-refractivity contribution is 7.99. The van der Waals surface area contributed by atoms with Crippen LogP contribution < -0.4 is 0 Å². The van der Waals surface area contributed by atoms with Crippen molar-refractivity contribution in [2.45, 2.75) is 4.90 Å². The Morgan fingerprint density at radius 1 is 0.750 bits per heavy atom. The van der Waals surface area contributed by atoms with Crippen LogP contribution in [0, 0.1) is 0 Å². The van der Waals surface area contributed by atoms with Crippen LogP contribution in [0.3, 0.4) is 0 Å². The van der Waals surface area contributed by atoms with Gasteiger partial charge in [0.05, 0.1) is 0 Å². The van der Waals surface area contributed by atoms with Gasteiger partial charge in [0.2, 0.25) is 0 Å². The summed E-state index contributed by atoms with van der Waals surface area (Å²) in [5.74, 6) is 0.882. The third kappa shape index (κ3) is 2.93. The molecule has 0 aromatic heterocycles. The zero-order valence-electron chi connectivity index (χ0n) is 13.1. The van der Waals surface area contributed by atoms with Crippen molar-refractivity contribution in [2.24, 2.45) is 0 Å². The molecule has 4 rings (SSSR count). The number of thioether (sulfide) groups is 1. The summed E-state index contributed by atoms with van der Waals surface area (Å²) in [4.78, 5) is 13.7. The molecule has 3 aromatic rings. The van der Waals surface area contributed by atoms with Crippen molar-refractivity contribution in [3.05, 3.63) is 95.6 Å². The molecule has 0 saturated heterocycles. The molecular weight excluding hydrogens is 312 g/mol. The topological polar surface area (TPSA) is 17.1 Å². The minimum absolute atomic E-state index is 0.150. The zero-order valence-corrected chi connectivity index (χ0v) is 13.9. The van der Waals surface area contributed by atoms with E-state index in [2.05, 4.69) is 36.4 Å². The van der Waals surface area contributed by atoms with E-state index in [1.165, 1.54) is 11.1 Å². The summed E-state index contributed by atoms with van der Waals surface area (Å²) < 4.78 is 0. The van der Waals surface area contributed by atoms with Crippen molar-refractivity contribution < 1.29 is 4.79 Å². The molecule has 1 heterocycles. The fourth-order valence-corrected chi connectivity index (χ4v) is 3.90. The molecule has 0 N–H and O–H groups in total. The molecule has 1 aliphatic rings. The van der Waals surface area contributed by atoms with E-state index >= 15 is 0 Å². The normalized spacial score (nSPS) is 15.3. The van der Waals surface area contributed by atoms with E-state index < -0.39 is 0 Å². The predicted octanol–water partition coefficient (Wildman–Crippen LogP) is 5.73. The van der Waals surface area contributed by atoms with E-state index in [0.29, 0.717) is 0 Å². The SMILES string of the molecule is O=C1C(=Cc2ccc(-c3ccccc3)cc2)CSc2ccccc21. The van der Waals surface area contributed by atoms with Crippen molar-refractivity contribution in [3.63, 3.8) is 0 Å². The Morgan fingerprint density at radius 2 is 1.42 bits per heavy atom. The van der Waals surface area contributed by atoms with Gasteiger partial charge in [0.15, 0.2) is 5.78 Å². The summed E-state index contributed by atoms with van der Waals surface area (Å²) in [5, 5.41) is 0. The van der Waals surface area contributed by atoms with Gasteiger partial charge in [-0.1, -0.05) is 66.7 Å². The number of rotatable bonds is 2. The minimum Gasteiger partial charge on any atom is -0.289 e. The lowest BCUT2D eigenvalue weighted by Crippen LogP contribution is -2.11. The Morgan fingerprint density at radius 3 is 2.21 bits per heavy atom. The third-order valence-electron chi connectivity index (χ3n) is 4.17. The molecule has 3 aromatic carbocycles. The molecule has 1 nitrogen and oxygen atoms in total. The highest BCUT2D eigenvalue weighted by atomic mass is 32.2. The Kier molecular flexibility index (Phi) is 4.06. The fourth-order valence-electron chi connectivity index (χ4n) is 2.88. The monoisotopic (exact) mass is 328 g/mol. The maximum Gasteiger partial charge on any atom is 0.191 e. The number of Topliss-reactive ketones (excluding diaryl/α,β-unsaturated/α-hetero) is 1. The van der Waals surface area contributed by atoms with Crippen LogP contribution in [0.2, 0.25) is 0 Å². The van der Waals surface area contributed by atoms with Gasteiger partial charge in [-0.05, 0) is 34.9 Å². The van der Waals surface area contributed by atoms with Crippen LogP contribution in [0.15, 0.2) is 89.3 Å². The van der Waals surface area contributed by atoms with Gasteiger partial charge in [0.1, 0.15) is 0 Å². The molecule has 0 spiro atoms. The van der Waals surface area contributed by atoms with Crippen LogP contribution in [0.25, 0.3) is 17.2 Å². The van der Waals surface area contributed by atoms with E-state index in [1.54, 1.807) is 11.8 Å². The van der Waals surface area contributed by atoms with Gasteiger partial charge in [-0.15, -0.1) is 11.8 Å². The van der Waals surface area contributed by atoms with Gasteiger partial charge >= 0.3 is 0 Å². The molecule has 0 fully saturated rings. The molecule has 116 valence electrons. The molecule has 2 heteroatoms. The summed E-state index contributed by atoms with van der Waals surface area (Å²) in [6, 6.07) is 26.5. The Hall–Kier alpha value is -2.58. The maximum atomic E-state index is 12.6. The van der Waals surface area contributed by atoms with Crippen molar-refractivity contribution in [1.82, 2.24) is 0 Å². The summed E-state index contributed by atoms with van der Waals surface area (Å²) >= 11 is 1.73. The van der Waals surface area contributed by atoms with E-state index in [9.17, 15) is 4.79 Å². The molecule has 0 radical (unpaired) electrons. The van der Waals surface area contributed by atoms with Gasteiger partial charge < -0.3 is 0 Å². The van der Waals surface area contributed by atoms with Crippen molar-refractivity contribution in [3.8, 4) is 11.1 Å². The highest BCUT2D eigenvalue weighted by Gasteiger charge is 2.21. The molecule has 0 amide bonds. The lowest BCUT2D eigenvalue weighted by atomic mass is 10.00. The van der Waals surface area contributed by atoms with Gasteiger partial charge in [0.25, 0.3) is 0 Å². The van der Waals surface area contributed by atoms with Crippen molar-refractivity contribution >= 4 is 23.6 Å². The number of fused-ring (bicyclic) bond motifs is 1. The van der Waals surface area contributed by atoms with Crippen LogP contribution in [-0.2, 0) is 0 Å². The van der Waals surface area contributed by atoms with Gasteiger partial charge in [-0.3, -0.25) is 4.79 Å². The summed E-state index contributed by atoms with van der Waals surface area (Å²) in [6.07, 6.45) is 2.01. The molecule has 0 atom stereocenters. The third-order valence-corrected chi connectivity index (χ3v) is 5.29. The molecule has 0 bridgehead atoms. The molecule has 0 unspecified atom stereocenters. The lowest BCUT2D eigenvalue weighted by Gasteiger charge is -2.16. The average molecular weight is 328 g/mol. The van der Waals surface area contributed by atoms with Crippen molar-refractivity contribution in [2.75, 3.05) is 5.75 Å². The van der Waals surface area contributed by atoms with E-state index in [4.69, 9.17) is 0 Å². The maximum absolute atomic E-state index is 12.6. The zero-order chi connectivity index (χ0) is 16.4. The Balaban J connectivity index is 1.61. The average Bonchev–Trinajstić information content (AvgIpc) is 2.66. The first-order chi connectivity index (χ1) is 11.8. The van der Waals surface area contributed by atoms with Gasteiger partial charge in [-0.2, -0.15) is 0 Å². The molecule has 1 aliphatic heterocycles. The number of ketones is 1. The second-order valence-electron chi connectivity index (χ2n) is 5.77. The van der Waals surface area contributed by atoms with Crippen molar-refractivity contribution in [1.29, 1.82) is 0 Å². The van der Waals surface area contributed by atoms with Gasteiger partial charge in [-0.25, -0.2) is 0 Å². The van der Waals surface area contributed by atoms with Crippen LogP contribution in [-0.4, -0.2) is 11.5 Å². The molecule has 24 heavy (non-hydrogen) atoms. The first-order valence-electron chi connectivity index (χ1n) is 7.94. The molecule has 0 saturated carbocycles. The summed E-state index contributed by atoms with van der Waals surface area (Å²) in [7, 11) is 0. The molecular formula is C22H16OS. The number of carbonyl (C=O) groups is 1. The fraction of sp³-hybridized carbons (Fsp3) is 0.0455. The second-order valence-corrected chi connectivity index (χ2v) is 6.79. The van der Waals surface area contributed by atoms with Crippen LogP contribution in [0.1, 0.15) is 15.9 Å².